The van der Waals surface area contributed by atoms with Gasteiger partial charge in [-0.05, 0) is 46.1 Å². The number of carbonyl (C=O) groups excluding carboxylic acids is 1. The van der Waals surface area contributed by atoms with Gasteiger partial charge < -0.3 is 10.4 Å². The number of nitrogens with zero attached hydrogens (tertiary/aromatic N) is 1. The Kier molecular flexibility index (Phi) is 5.81. The van der Waals surface area contributed by atoms with Gasteiger partial charge in [0.2, 0.25) is 5.91 Å². The number of rotatable bonds is 5. The van der Waals surface area contributed by atoms with Gasteiger partial charge in [-0.3, -0.25) is 9.69 Å². The van der Waals surface area contributed by atoms with E-state index in [-0.39, 0.29) is 17.9 Å². The Morgan fingerprint density at radius 3 is 2.53 bits per heavy atom. The van der Waals surface area contributed by atoms with E-state index in [9.17, 15) is 9.90 Å². The summed E-state index contributed by atoms with van der Waals surface area (Å²) in [6.07, 6.45) is 3.21. The fourth-order valence-electron chi connectivity index (χ4n) is 2.44. The van der Waals surface area contributed by atoms with Crippen molar-refractivity contribution < 1.29 is 9.90 Å². The van der Waals surface area contributed by atoms with Gasteiger partial charge in [0.05, 0.1) is 11.6 Å². The van der Waals surface area contributed by atoms with Crippen LogP contribution in [0.4, 0.5) is 0 Å². The highest BCUT2D eigenvalue weighted by Crippen LogP contribution is 2.20. The predicted octanol–water partition coefficient (Wildman–Crippen LogP) is 1.77. The molecule has 112 valence electrons. The molecule has 1 aliphatic heterocycles. The largest absolute Gasteiger partial charge is 0.388 e. The maximum absolute atomic E-state index is 12.3. The van der Waals surface area contributed by atoms with Gasteiger partial charge in [-0.1, -0.05) is 20.3 Å². The topological polar surface area (TPSA) is 52.6 Å². The zero-order chi connectivity index (χ0) is 14.6. The third-order valence-electron chi connectivity index (χ3n) is 4.37. The second kappa shape index (κ2) is 6.71. The molecule has 1 amide bonds. The molecule has 19 heavy (non-hydrogen) atoms. The SMILES string of the molecule is CC(C)N1CCCCC1C(=O)NCC(C)(O)C(C)C. The first-order chi connectivity index (χ1) is 8.75. The molecule has 0 aliphatic carbocycles. The van der Waals surface area contributed by atoms with E-state index in [0.29, 0.717) is 12.6 Å². The third-order valence-corrected chi connectivity index (χ3v) is 4.37. The lowest BCUT2D eigenvalue weighted by Gasteiger charge is -2.38. The van der Waals surface area contributed by atoms with Crippen molar-refractivity contribution in [1.82, 2.24) is 10.2 Å². The first kappa shape index (κ1) is 16.4. The Labute approximate surface area is 117 Å². The molecule has 1 aliphatic rings. The Balaban J connectivity index is 2.56. The van der Waals surface area contributed by atoms with E-state index in [0.717, 1.165) is 19.4 Å². The Morgan fingerprint density at radius 2 is 2.00 bits per heavy atom. The summed E-state index contributed by atoms with van der Waals surface area (Å²) in [5, 5.41) is 13.1. The van der Waals surface area contributed by atoms with Crippen LogP contribution in [0.15, 0.2) is 0 Å². The van der Waals surface area contributed by atoms with E-state index in [1.807, 2.05) is 13.8 Å². The average molecular weight is 270 g/mol. The van der Waals surface area contributed by atoms with Gasteiger partial charge >= 0.3 is 0 Å². The molecule has 0 aromatic heterocycles. The van der Waals surface area contributed by atoms with E-state index < -0.39 is 5.60 Å². The van der Waals surface area contributed by atoms with Gasteiger partial charge in [-0.15, -0.1) is 0 Å². The molecule has 0 radical (unpaired) electrons. The number of piperidine rings is 1. The van der Waals surface area contributed by atoms with Crippen molar-refractivity contribution in [2.24, 2.45) is 5.92 Å². The minimum Gasteiger partial charge on any atom is -0.388 e. The number of hydrogen-bond donors (Lipinski definition) is 2. The lowest BCUT2D eigenvalue weighted by Crippen LogP contribution is -2.54. The average Bonchev–Trinajstić information content (AvgIpc) is 2.35. The molecule has 4 nitrogen and oxygen atoms in total. The van der Waals surface area contributed by atoms with Crippen LogP contribution in [0.25, 0.3) is 0 Å². The van der Waals surface area contributed by atoms with Crippen molar-refractivity contribution in [3.8, 4) is 0 Å². The van der Waals surface area contributed by atoms with E-state index in [1.165, 1.54) is 6.42 Å². The highest BCUT2D eigenvalue weighted by Gasteiger charge is 2.32. The van der Waals surface area contributed by atoms with Gasteiger partial charge in [0.1, 0.15) is 0 Å². The van der Waals surface area contributed by atoms with Crippen LogP contribution >= 0.6 is 0 Å². The van der Waals surface area contributed by atoms with Crippen LogP contribution in [-0.4, -0.2) is 46.7 Å². The molecular weight excluding hydrogens is 240 g/mol. The van der Waals surface area contributed by atoms with Gasteiger partial charge in [-0.2, -0.15) is 0 Å². The quantitative estimate of drug-likeness (QED) is 0.800. The van der Waals surface area contributed by atoms with Gasteiger partial charge in [0, 0.05) is 12.6 Å². The molecular formula is C15H30N2O2. The number of amides is 1. The highest BCUT2D eigenvalue weighted by atomic mass is 16.3. The first-order valence-electron chi connectivity index (χ1n) is 7.51. The summed E-state index contributed by atoms with van der Waals surface area (Å²) >= 11 is 0. The van der Waals surface area contributed by atoms with Gasteiger partial charge in [0.15, 0.2) is 0 Å². The summed E-state index contributed by atoms with van der Waals surface area (Å²) in [5.41, 5.74) is -0.840. The number of likely N-dealkylation sites (tertiary alicyclic amines) is 1. The van der Waals surface area contributed by atoms with E-state index in [2.05, 4.69) is 24.1 Å². The van der Waals surface area contributed by atoms with E-state index >= 15 is 0 Å². The van der Waals surface area contributed by atoms with Crippen molar-refractivity contribution in [1.29, 1.82) is 0 Å². The molecule has 0 spiro atoms. The van der Waals surface area contributed by atoms with Crippen LogP contribution in [0, 0.1) is 5.92 Å². The molecule has 0 saturated carbocycles. The Bertz CT molecular complexity index is 301. The summed E-state index contributed by atoms with van der Waals surface area (Å²) < 4.78 is 0. The fourth-order valence-corrected chi connectivity index (χ4v) is 2.44. The van der Waals surface area contributed by atoms with Crippen LogP contribution in [-0.2, 0) is 4.79 Å². The Hall–Kier alpha value is -0.610. The zero-order valence-corrected chi connectivity index (χ0v) is 13.1. The number of nitrogens with one attached hydrogen (secondary N) is 1. The first-order valence-corrected chi connectivity index (χ1v) is 7.51. The molecule has 2 N–H and O–H groups in total. The molecule has 4 heteroatoms. The summed E-state index contributed by atoms with van der Waals surface area (Å²) in [5.74, 6) is 0.190. The minimum absolute atomic E-state index is 0.0308. The normalized spacial score (nSPS) is 24.5. The summed E-state index contributed by atoms with van der Waals surface area (Å²) in [6, 6.07) is 0.360. The predicted molar refractivity (Wildman–Crippen MR) is 78.0 cm³/mol. The standard InChI is InChI=1S/C15H30N2O2/c1-11(2)15(5,19)10-16-14(18)13-8-6-7-9-17(13)12(3)4/h11-13,19H,6-10H2,1-5H3,(H,16,18). The van der Waals surface area contributed by atoms with E-state index in [4.69, 9.17) is 0 Å². The van der Waals surface area contributed by atoms with Crippen molar-refractivity contribution in [2.75, 3.05) is 13.1 Å². The van der Waals surface area contributed by atoms with Crippen molar-refractivity contribution in [2.45, 2.75) is 71.6 Å². The van der Waals surface area contributed by atoms with Crippen LogP contribution in [0.2, 0.25) is 0 Å². The highest BCUT2D eigenvalue weighted by molar-refractivity contribution is 5.81. The van der Waals surface area contributed by atoms with E-state index in [1.54, 1.807) is 6.92 Å². The number of carbonyl (C=O) groups is 1. The second-order valence-electron chi connectivity index (χ2n) is 6.57. The van der Waals surface area contributed by atoms with Crippen molar-refractivity contribution in [3.05, 3.63) is 0 Å². The maximum Gasteiger partial charge on any atom is 0.237 e. The summed E-state index contributed by atoms with van der Waals surface area (Å²) in [4.78, 5) is 14.6. The smallest absolute Gasteiger partial charge is 0.237 e. The molecule has 1 rings (SSSR count). The van der Waals surface area contributed by atoms with Crippen LogP contribution in [0.5, 0.6) is 0 Å². The monoisotopic (exact) mass is 270 g/mol. The zero-order valence-electron chi connectivity index (χ0n) is 13.1. The van der Waals surface area contributed by atoms with Crippen LogP contribution in [0.3, 0.4) is 0 Å². The van der Waals surface area contributed by atoms with Crippen molar-refractivity contribution >= 4 is 5.91 Å². The van der Waals surface area contributed by atoms with Crippen molar-refractivity contribution in [3.63, 3.8) is 0 Å². The molecule has 2 atom stereocenters. The molecule has 1 saturated heterocycles. The van der Waals surface area contributed by atoms with Crippen LogP contribution in [0.1, 0.15) is 53.9 Å². The third kappa shape index (κ3) is 4.46. The summed E-state index contributed by atoms with van der Waals surface area (Å²) in [6.45, 7) is 11.3. The number of aliphatic hydroxyl groups is 1. The van der Waals surface area contributed by atoms with Crippen LogP contribution < -0.4 is 5.32 Å². The lowest BCUT2D eigenvalue weighted by molar-refractivity contribution is -0.130. The molecule has 0 aromatic carbocycles. The van der Waals surface area contributed by atoms with Gasteiger partial charge in [0.25, 0.3) is 0 Å². The molecule has 2 unspecified atom stereocenters. The van der Waals surface area contributed by atoms with Gasteiger partial charge in [-0.25, -0.2) is 0 Å². The maximum atomic E-state index is 12.3. The number of hydrogen-bond acceptors (Lipinski definition) is 3. The molecule has 0 aromatic rings. The molecule has 0 bridgehead atoms. The Morgan fingerprint density at radius 1 is 1.37 bits per heavy atom. The summed E-state index contributed by atoms with van der Waals surface area (Å²) in [7, 11) is 0. The lowest BCUT2D eigenvalue weighted by atomic mass is 9.92. The molecule has 1 fully saturated rings. The minimum atomic E-state index is -0.840. The second-order valence-corrected chi connectivity index (χ2v) is 6.57. The molecule has 1 heterocycles. The fraction of sp³-hybridized carbons (Fsp3) is 0.933.